The average Bonchev–Trinajstić information content (AvgIpc) is 2.97. The quantitative estimate of drug-likeness (QED) is 0.830. The van der Waals surface area contributed by atoms with Crippen LogP contribution in [0.4, 0.5) is 0 Å². The second-order valence-corrected chi connectivity index (χ2v) is 6.45. The zero-order valence-electron chi connectivity index (χ0n) is 13.0. The van der Waals surface area contributed by atoms with Gasteiger partial charge in [-0.25, -0.2) is 0 Å². The van der Waals surface area contributed by atoms with Gasteiger partial charge in [0, 0.05) is 25.3 Å². The third-order valence-electron chi connectivity index (χ3n) is 4.31. The van der Waals surface area contributed by atoms with Crippen LogP contribution in [-0.4, -0.2) is 22.5 Å². The third-order valence-corrected chi connectivity index (χ3v) is 4.31. The van der Waals surface area contributed by atoms with Crippen LogP contribution >= 0.6 is 0 Å². The first-order valence-electron chi connectivity index (χ1n) is 8.07. The van der Waals surface area contributed by atoms with Gasteiger partial charge in [-0.1, -0.05) is 26.7 Å². The van der Waals surface area contributed by atoms with Gasteiger partial charge in [0.15, 0.2) is 0 Å². The lowest BCUT2D eigenvalue weighted by Crippen LogP contribution is -2.34. The van der Waals surface area contributed by atoms with Gasteiger partial charge in [0.2, 0.25) is 0 Å². The average molecular weight is 275 g/mol. The molecule has 0 spiro atoms. The van der Waals surface area contributed by atoms with Crippen molar-refractivity contribution >= 4 is 0 Å². The molecule has 0 bridgehead atoms. The van der Waals surface area contributed by atoms with Gasteiger partial charge < -0.3 is 5.73 Å². The minimum atomic E-state index is 0.531. The van der Waals surface area contributed by atoms with Gasteiger partial charge in [-0.3, -0.25) is 9.88 Å². The molecule has 1 aromatic heterocycles. The van der Waals surface area contributed by atoms with Crippen molar-refractivity contribution in [3.8, 4) is 0 Å². The molecule has 2 rings (SSSR count). The Balaban J connectivity index is 2.01. The Morgan fingerprint density at radius 2 is 2.10 bits per heavy atom. The van der Waals surface area contributed by atoms with E-state index in [1.165, 1.54) is 44.2 Å². The van der Waals surface area contributed by atoms with Gasteiger partial charge >= 0.3 is 0 Å². The summed E-state index contributed by atoms with van der Waals surface area (Å²) in [5.74, 6) is 0.774. The summed E-state index contributed by atoms with van der Waals surface area (Å²) in [6.07, 6.45) is 8.71. The molecule has 0 amide bonds. The maximum Gasteiger partial charge on any atom is 0.0542 e. The maximum atomic E-state index is 5.69. The van der Waals surface area contributed by atoms with Crippen molar-refractivity contribution in [1.82, 2.24) is 9.88 Å². The summed E-state index contributed by atoms with van der Waals surface area (Å²) in [5.41, 5.74) is 8.05. The summed E-state index contributed by atoms with van der Waals surface area (Å²) in [7, 11) is 0. The van der Waals surface area contributed by atoms with E-state index >= 15 is 0 Å². The summed E-state index contributed by atoms with van der Waals surface area (Å²) < 4.78 is 0. The smallest absolute Gasteiger partial charge is 0.0542 e. The van der Waals surface area contributed by atoms with Gasteiger partial charge in [-0.2, -0.15) is 0 Å². The number of nitrogens with two attached hydrogens (primary N) is 1. The zero-order valence-corrected chi connectivity index (χ0v) is 13.0. The minimum Gasteiger partial charge on any atom is -0.325 e. The Bertz CT molecular complexity index is 397. The highest BCUT2D eigenvalue weighted by Crippen LogP contribution is 2.25. The van der Waals surface area contributed by atoms with Crippen molar-refractivity contribution in [2.24, 2.45) is 11.7 Å². The molecule has 1 aliphatic carbocycles. The molecular weight excluding hydrogens is 246 g/mol. The number of rotatable bonds is 7. The van der Waals surface area contributed by atoms with E-state index in [0.29, 0.717) is 6.54 Å². The molecule has 20 heavy (non-hydrogen) atoms. The van der Waals surface area contributed by atoms with Crippen molar-refractivity contribution in [3.63, 3.8) is 0 Å². The van der Waals surface area contributed by atoms with Crippen LogP contribution in [0.25, 0.3) is 0 Å². The van der Waals surface area contributed by atoms with E-state index in [4.69, 9.17) is 5.73 Å². The van der Waals surface area contributed by atoms with Crippen LogP contribution in [0.2, 0.25) is 0 Å². The highest BCUT2D eigenvalue weighted by molar-refractivity contribution is 5.16. The number of aromatic nitrogens is 1. The fraction of sp³-hybridized carbons (Fsp3) is 0.706. The summed E-state index contributed by atoms with van der Waals surface area (Å²) in [6, 6.07) is 5.08. The Morgan fingerprint density at radius 1 is 1.35 bits per heavy atom. The van der Waals surface area contributed by atoms with Crippen molar-refractivity contribution in [2.45, 2.75) is 65.1 Å². The van der Waals surface area contributed by atoms with E-state index in [1.54, 1.807) is 0 Å². The van der Waals surface area contributed by atoms with Crippen molar-refractivity contribution in [2.75, 3.05) is 6.54 Å². The number of hydrogen-bond acceptors (Lipinski definition) is 3. The molecule has 112 valence electrons. The monoisotopic (exact) mass is 275 g/mol. The van der Waals surface area contributed by atoms with E-state index in [1.807, 2.05) is 6.20 Å². The molecule has 0 radical (unpaired) electrons. The zero-order chi connectivity index (χ0) is 14.4. The van der Waals surface area contributed by atoms with Crippen LogP contribution in [-0.2, 0) is 13.1 Å². The second kappa shape index (κ2) is 7.75. The highest BCUT2D eigenvalue weighted by atomic mass is 15.2. The van der Waals surface area contributed by atoms with Crippen LogP contribution < -0.4 is 5.73 Å². The van der Waals surface area contributed by atoms with Crippen molar-refractivity contribution in [3.05, 3.63) is 29.6 Å². The SMILES string of the molecule is CC(C)CCN(Cc1ccnc(CN)c1)C1CCCC1. The minimum absolute atomic E-state index is 0.531. The number of pyridine rings is 1. The first-order chi connectivity index (χ1) is 9.69. The van der Waals surface area contributed by atoms with E-state index in [9.17, 15) is 0 Å². The van der Waals surface area contributed by atoms with Gasteiger partial charge in [0.05, 0.1) is 5.69 Å². The molecule has 3 heteroatoms. The Labute approximate surface area is 123 Å². The number of nitrogens with zero attached hydrogens (tertiary/aromatic N) is 2. The van der Waals surface area contributed by atoms with Gasteiger partial charge in [-0.05, 0) is 49.4 Å². The summed E-state index contributed by atoms with van der Waals surface area (Å²) in [4.78, 5) is 6.98. The van der Waals surface area contributed by atoms with Crippen molar-refractivity contribution < 1.29 is 0 Å². The summed E-state index contributed by atoms with van der Waals surface area (Å²) >= 11 is 0. The van der Waals surface area contributed by atoms with Crippen LogP contribution in [0.3, 0.4) is 0 Å². The molecule has 0 saturated heterocycles. The molecule has 1 heterocycles. The van der Waals surface area contributed by atoms with Gasteiger partial charge in [0.1, 0.15) is 0 Å². The van der Waals surface area contributed by atoms with Crippen LogP contribution in [0.1, 0.15) is 57.2 Å². The standard InChI is InChI=1S/C17H29N3/c1-14(2)8-10-20(17-5-3-4-6-17)13-15-7-9-19-16(11-15)12-18/h7,9,11,14,17H,3-6,8,10,12-13,18H2,1-2H3. The summed E-state index contributed by atoms with van der Waals surface area (Å²) in [5, 5.41) is 0. The van der Waals surface area contributed by atoms with E-state index < -0.39 is 0 Å². The molecule has 0 unspecified atom stereocenters. The lowest BCUT2D eigenvalue weighted by atomic mass is 10.1. The lowest BCUT2D eigenvalue weighted by molar-refractivity contribution is 0.179. The maximum absolute atomic E-state index is 5.69. The van der Waals surface area contributed by atoms with Gasteiger partial charge in [0.25, 0.3) is 0 Å². The molecule has 1 aliphatic rings. The molecule has 3 nitrogen and oxygen atoms in total. The van der Waals surface area contributed by atoms with E-state index in [-0.39, 0.29) is 0 Å². The van der Waals surface area contributed by atoms with Crippen LogP contribution in [0, 0.1) is 5.92 Å². The Kier molecular flexibility index (Phi) is 5.99. The normalized spacial score (nSPS) is 16.4. The Hall–Kier alpha value is -0.930. The highest BCUT2D eigenvalue weighted by Gasteiger charge is 2.22. The van der Waals surface area contributed by atoms with Gasteiger partial charge in [-0.15, -0.1) is 0 Å². The Morgan fingerprint density at radius 3 is 2.75 bits per heavy atom. The van der Waals surface area contributed by atoms with Crippen molar-refractivity contribution in [1.29, 1.82) is 0 Å². The second-order valence-electron chi connectivity index (χ2n) is 6.45. The predicted octanol–water partition coefficient (Wildman–Crippen LogP) is 3.33. The summed E-state index contributed by atoms with van der Waals surface area (Å²) in [6.45, 7) is 7.41. The third kappa shape index (κ3) is 4.57. The topological polar surface area (TPSA) is 42.2 Å². The molecule has 0 aliphatic heterocycles. The molecule has 0 aromatic carbocycles. The fourth-order valence-corrected chi connectivity index (χ4v) is 3.06. The van der Waals surface area contributed by atoms with E-state index in [0.717, 1.165) is 24.2 Å². The molecule has 1 aromatic rings. The largest absolute Gasteiger partial charge is 0.325 e. The number of hydrogen-bond donors (Lipinski definition) is 1. The molecule has 1 fully saturated rings. The fourth-order valence-electron chi connectivity index (χ4n) is 3.06. The van der Waals surface area contributed by atoms with Crippen LogP contribution in [0.5, 0.6) is 0 Å². The lowest BCUT2D eigenvalue weighted by Gasteiger charge is -2.29. The first kappa shape index (κ1) is 15.5. The molecule has 2 N–H and O–H groups in total. The predicted molar refractivity (Wildman–Crippen MR) is 84.2 cm³/mol. The van der Waals surface area contributed by atoms with Crippen LogP contribution in [0.15, 0.2) is 18.3 Å². The molecule has 0 atom stereocenters. The first-order valence-corrected chi connectivity index (χ1v) is 8.07. The van der Waals surface area contributed by atoms with E-state index in [2.05, 4.69) is 35.9 Å². The molecule has 1 saturated carbocycles. The molecular formula is C17H29N3.